The lowest BCUT2D eigenvalue weighted by Crippen LogP contribution is -2.19. The van der Waals surface area contributed by atoms with Crippen molar-refractivity contribution in [2.24, 2.45) is 5.92 Å². The fourth-order valence-corrected chi connectivity index (χ4v) is 1.81. The molecule has 1 atom stereocenters. The van der Waals surface area contributed by atoms with Gasteiger partial charge in [-0.05, 0) is 37.9 Å². The number of aromatic nitrogens is 1. The fourth-order valence-electron chi connectivity index (χ4n) is 1.81. The van der Waals surface area contributed by atoms with Crippen LogP contribution in [0.4, 0.5) is 13.2 Å². The van der Waals surface area contributed by atoms with Crippen LogP contribution in [0.15, 0.2) is 18.3 Å². The minimum absolute atomic E-state index is 0.0854. The molecular weight excluding hydrogens is 217 g/mol. The Balaban J connectivity index is 2.18. The summed E-state index contributed by atoms with van der Waals surface area (Å²) in [6, 6.07) is 2.64. The van der Waals surface area contributed by atoms with Gasteiger partial charge in [-0.3, -0.25) is 4.98 Å². The Morgan fingerprint density at radius 1 is 1.38 bits per heavy atom. The normalized spacial score (nSPS) is 18.5. The van der Waals surface area contributed by atoms with E-state index in [1.807, 2.05) is 7.05 Å². The quantitative estimate of drug-likeness (QED) is 0.863. The molecule has 0 aromatic carbocycles. The molecule has 1 fully saturated rings. The van der Waals surface area contributed by atoms with Crippen molar-refractivity contribution in [3.63, 3.8) is 0 Å². The molecule has 88 valence electrons. The van der Waals surface area contributed by atoms with E-state index in [1.165, 1.54) is 6.07 Å². The Hall–Kier alpha value is -1.10. The van der Waals surface area contributed by atoms with Crippen molar-refractivity contribution in [3.05, 3.63) is 29.6 Å². The van der Waals surface area contributed by atoms with Gasteiger partial charge in [0.15, 0.2) is 0 Å². The molecule has 1 unspecified atom stereocenters. The van der Waals surface area contributed by atoms with Crippen LogP contribution in [-0.2, 0) is 6.18 Å². The highest BCUT2D eigenvalue weighted by Crippen LogP contribution is 2.40. The Bertz CT molecular complexity index is 354. The van der Waals surface area contributed by atoms with Crippen molar-refractivity contribution in [1.29, 1.82) is 0 Å². The molecule has 1 saturated carbocycles. The maximum Gasteiger partial charge on any atom is 0.417 e. The average molecular weight is 230 g/mol. The largest absolute Gasteiger partial charge is 0.417 e. The van der Waals surface area contributed by atoms with Crippen LogP contribution >= 0.6 is 0 Å². The predicted molar refractivity (Wildman–Crippen MR) is 53.8 cm³/mol. The highest BCUT2D eigenvalue weighted by atomic mass is 19.4. The summed E-state index contributed by atoms with van der Waals surface area (Å²) < 4.78 is 37.0. The molecule has 2 nitrogen and oxygen atoms in total. The highest BCUT2D eigenvalue weighted by Gasteiger charge is 2.34. The second-order valence-corrected chi connectivity index (χ2v) is 4.07. The summed E-state index contributed by atoms with van der Waals surface area (Å²) in [6.45, 7) is 0. The van der Waals surface area contributed by atoms with Gasteiger partial charge >= 0.3 is 6.18 Å². The van der Waals surface area contributed by atoms with Crippen LogP contribution in [0.3, 0.4) is 0 Å². The summed E-state index contributed by atoms with van der Waals surface area (Å²) in [5.41, 5.74) is -0.0000926. The van der Waals surface area contributed by atoms with E-state index in [-0.39, 0.29) is 6.04 Å². The summed E-state index contributed by atoms with van der Waals surface area (Å²) in [4.78, 5) is 3.90. The van der Waals surface area contributed by atoms with Crippen LogP contribution in [0.2, 0.25) is 0 Å². The third-order valence-corrected chi connectivity index (χ3v) is 2.84. The van der Waals surface area contributed by atoms with Gasteiger partial charge in [-0.25, -0.2) is 0 Å². The summed E-state index contributed by atoms with van der Waals surface area (Å²) in [6.07, 6.45) is -1.16. The molecule has 1 aromatic rings. The van der Waals surface area contributed by atoms with Crippen molar-refractivity contribution < 1.29 is 13.2 Å². The van der Waals surface area contributed by atoms with E-state index in [0.717, 1.165) is 25.1 Å². The molecule has 0 amide bonds. The van der Waals surface area contributed by atoms with Crippen molar-refractivity contribution in [2.45, 2.75) is 25.1 Å². The predicted octanol–water partition coefficient (Wildman–Crippen LogP) is 2.77. The topological polar surface area (TPSA) is 24.9 Å². The maximum atomic E-state index is 12.3. The Labute approximate surface area is 91.9 Å². The Morgan fingerprint density at radius 2 is 2.06 bits per heavy atom. The lowest BCUT2D eigenvalue weighted by molar-refractivity contribution is -0.137. The minimum Gasteiger partial charge on any atom is -0.311 e. The zero-order valence-corrected chi connectivity index (χ0v) is 8.88. The van der Waals surface area contributed by atoms with Gasteiger partial charge < -0.3 is 5.32 Å². The van der Waals surface area contributed by atoms with E-state index in [9.17, 15) is 13.2 Å². The van der Waals surface area contributed by atoms with E-state index in [4.69, 9.17) is 0 Å². The lowest BCUT2D eigenvalue weighted by Gasteiger charge is -2.15. The van der Waals surface area contributed by atoms with Crippen LogP contribution in [-0.4, -0.2) is 12.0 Å². The number of hydrogen-bond donors (Lipinski definition) is 1. The van der Waals surface area contributed by atoms with Crippen molar-refractivity contribution in [3.8, 4) is 0 Å². The molecule has 2 rings (SSSR count). The second kappa shape index (κ2) is 4.05. The fraction of sp³-hybridized carbons (Fsp3) is 0.545. The summed E-state index contributed by atoms with van der Waals surface area (Å²) in [7, 11) is 1.81. The Morgan fingerprint density at radius 3 is 2.44 bits per heavy atom. The molecule has 1 aliphatic rings. The summed E-state index contributed by atoms with van der Waals surface area (Å²) in [5, 5.41) is 3.09. The van der Waals surface area contributed by atoms with Crippen molar-refractivity contribution in [2.75, 3.05) is 7.05 Å². The van der Waals surface area contributed by atoms with Crippen LogP contribution in [0.25, 0.3) is 0 Å². The zero-order valence-electron chi connectivity index (χ0n) is 8.88. The van der Waals surface area contributed by atoms with Crippen molar-refractivity contribution >= 4 is 0 Å². The molecule has 1 heterocycles. The first-order chi connectivity index (χ1) is 7.52. The zero-order chi connectivity index (χ0) is 11.8. The highest BCUT2D eigenvalue weighted by molar-refractivity contribution is 5.20. The standard InChI is InChI=1S/C11H13F3N2/c1-15-10(7-2-3-7)9-5-4-8(6-16-9)11(12,13)14/h4-7,10,15H,2-3H2,1H3. The Kier molecular flexibility index (Phi) is 2.88. The molecule has 0 spiro atoms. The molecule has 16 heavy (non-hydrogen) atoms. The van der Waals surface area contributed by atoms with Gasteiger partial charge in [0.1, 0.15) is 0 Å². The number of halogens is 3. The lowest BCUT2D eigenvalue weighted by atomic mass is 10.1. The van der Waals surface area contributed by atoms with Crippen molar-refractivity contribution in [1.82, 2.24) is 10.3 Å². The van der Waals surface area contributed by atoms with Crippen LogP contribution in [0, 0.1) is 5.92 Å². The number of nitrogens with one attached hydrogen (secondary N) is 1. The second-order valence-electron chi connectivity index (χ2n) is 4.07. The van der Waals surface area contributed by atoms with Gasteiger partial charge in [0.2, 0.25) is 0 Å². The third kappa shape index (κ3) is 2.35. The molecule has 1 aliphatic carbocycles. The van der Waals surface area contributed by atoms with Gasteiger partial charge in [0.25, 0.3) is 0 Å². The van der Waals surface area contributed by atoms with E-state index < -0.39 is 11.7 Å². The third-order valence-electron chi connectivity index (χ3n) is 2.84. The molecule has 1 aromatic heterocycles. The van der Waals surface area contributed by atoms with Crippen LogP contribution in [0.5, 0.6) is 0 Å². The number of hydrogen-bond acceptors (Lipinski definition) is 2. The SMILES string of the molecule is CNC(c1ccc(C(F)(F)F)cn1)C1CC1. The number of nitrogens with zero attached hydrogens (tertiary/aromatic N) is 1. The molecular formula is C11H13F3N2. The average Bonchev–Trinajstić information content (AvgIpc) is 3.03. The van der Waals surface area contributed by atoms with Gasteiger partial charge in [-0.15, -0.1) is 0 Å². The summed E-state index contributed by atoms with van der Waals surface area (Å²) in [5.74, 6) is 0.522. The molecule has 0 radical (unpaired) electrons. The number of pyridine rings is 1. The van der Waals surface area contributed by atoms with E-state index in [0.29, 0.717) is 11.6 Å². The molecule has 0 aliphatic heterocycles. The summed E-state index contributed by atoms with van der Waals surface area (Å²) >= 11 is 0. The molecule has 0 bridgehead atoms. The molecule has 5 heteroatoms. The first-order valence-electron chi connectivity index (χ1n) is 5.23. The van der Waals surface area contributed by atoms with Crippen LogP contribution in [0.1, 0.15) is 30.1 Å². The molecule has 0 saturated heterocycles. The number of alkyl halides is 3. The monoisotopic (exact) mass is 230 g/mol. The van der Waals surface area contributed by atoms with Gasteiger partial charge in [0.05, 0.1) is 17.3 Å². The first kappa shape index (κ1) is 11.4. The van der Waals surface area contributed by atoms with Gasteiger partial charge in [-0.1, -0.05) is 0 Å². The first-order valence-corrected chi connectivity index (χ1v) is 5.23. The maximum absolute atomic E-state index is 12.3. The van der Waals surface area contributed by atoms with Gasteiger partial charge in [-0.2, -0.15) is 13.2 Å². The van der Waals surface area contributed by atoms with E-state index in [2.05, 4.69) is 10.3 Å². The smallest absolute Gasteiger partial charge is 0.311 e. The van der Waals surface area contributed by atoms with Crippen LogP contribution < -0.4 is 5.32 Å². The number of rotatable bonds is 3. The minimum atomic E-state index is -4.31. The van der Waals surface area contributed by atoms with E-state index >= 15 is 0 Å². The molecule has 1 N–H and O–H groups in total. The van der Waals surface area contributed by atoms with E-state index in [1.54, 1.807) is 0 Å². The van der Waals surface area contributed by atoms with Gasteiger partial charge in [0, 0.05) is 6.20 Å².